The summed E-state index contributed by atoms with van der Waals surface area (Å²) in [6, 6.07) is 2.10. The molecule has 0 amide bonds. The van der Waals surface area contributed by atoms with Gasteiger partial charge in [-0.05, 0) is 21.8 Å². The topological polar surface area (TPSA) is 72.8 Å². The highest BCUT2D eigenvalue weighted by Gasteiger charge is 2.14. The molecule has 0 unspecified atom stereocenters. The number of nitrogens with one attached hydrogen (secondary N) is 1. The van der Waals surface area contributed by atoms with Crippen LogP contribution in [0.2, 0.25) is 0 Å². The van der Waals surface area contributed by atoms with Gasteiger partial charge in [-0.15, -0.1) is 0 Å². The summed E-state index contributed by atoms with van der Waals surface area (Å²) in [6.45, 7) is 5.50. The van der Waals surface area contributed by atoms with Crippen LogP contribution >= 0.6 is 15.9 Å². The zero-order chi connectivity index (χ0) is 12.8. The molecule has 0 saturated heterocycles. The Labute approximate surface area is 109 Å². The summed E-state index contributed by atoms with van der Waals surface area (Å²) < 4.78 is 0.415. The Morgan fingerprint density at radius 3 is 2.94 bits per heavy atom. The number of nitriles is 1. The predicted octanol–water partition coefficient (Wildman–Crippen LogP) is 1.91. The summed E-state index contributed by atoms with van der Waals surface area (Å²) in [4.78, 5) is 20.1. The van der Waals surface area contributed by atoms with E-state index in [-0.39, 0.29) is 5.56 Å². The summed E-state index contributed by atoms with van der Waals surface area (Å²) in [6.07, 6.45) is 1.79. The third-order valence-electron chi connectivity index (χ3n) is 2.16. The number of H-pyrrole nitrogens is 1. The third-order valence-corrected chi connectivity index (χ3v) is 2.87. The van der Waals surface area contributed by atoms with Crippen molar-refractivity contribution >= 4 is 21.7 Å². The van der Waals surface area contributed by atoms with Crippen LogP contribution < -0.4 is 10.5 Å². The molecule has 0 fully saturated rings. The Hall–Kier alpha value is -1.35. The molecule has 0 spiro atoms. The minimum atomic E-state index is -0.208. The first kappa shape index (κ1) is 13.7. The van der Waals surface area contributed by atoms with E-state index in [1.54, 1.807) is 0 Å². The molecule has 1 aromatic heterocycles. The maximum Gasteiger partial charge on any atom is 0.267 e. The van der Waals surface area contributed by atoms with Gasteiger partial charge in [-0.25, -0.2) is 4.98 Å². The molecule has 17 heavy (non-hydrogen) atoms. The fourth-order valence-electron chi connectivity index (χ4n) is 1.50. The van der Waals surface area contributed by atoms with Crippen LogP contribution in [-0.4, -0.2) is 23.1 Å². The monoisotopic (exact) mass is 298 g/mol. The quantitative estimate of drug-likeness (QED) is 0.901. The van der Waals surface area contributed by atoms with Crippen molar-refractivity contribution in [3.8, 4) is 6.07 Å². The molecular formula is C11H15BrN4O. The van der Waals surface area contributed by atoms with Gasteiger partial charge in [0.05, 0.1) is 18.8 Å². The van der Waals surface area contributed by atoms with E-state index in [1.165, 1.54) is 6.33 Å². The highest BCUT2D eigenvalue weighted by Crippen LogP contribution is 2.20. The molecule has 0 atom stereocenters. The molecule has 0 radical (unpaired) electrons. The Bertz CT molecular complexity index is 463. The summed E-state index contributed by atoms with van der Waals surface area (Å²) in [5, 5.41) is 8.64. The van der Waals surface area contributed by atoms with E-state index in [2.05, 4.69) is 45.8 Å². The molecule has 92 valence electrons. The molecule has 1 aromatic rings. The van der Waals surface area contributed by atoms with Crippen molar-refractivity contribution in [2.45, 2.75) is 20.3 Å². The first-order valence-corrected chi connectivity index (χ1v) is 6.20. The van der Waals surface area contributed by atoms with E-state index >= 15 is 0 Å². The lowest BCUT2D eigenvalue weighted by molar-refractivity contribution is 0.606. The van der Waals surface area contributed by atoms with Gasteiger partial charge in [0.2, 0.25) is 0 Å². The fraction of sp³-hybridized carbons (Fsp3) is 0.545. The lowest BCUT2D eigenvalue weighted by atomic mass is 10.2. The molecule has 0 aliphatic carbocycles. The average molecular weight is 299 g/mol. The maximum atomic E-state index is 11.5. The van der Waals surface area contributed by atoms with E-state index in [9.17, 15) is 4.79 Å². The maximum absolute atomic E-state index is 11.5. The lowest BCUT2D eigenvalue weighted by Gasteiger charge is -2.25. The number of anilines is 1. The molecule has 0 aliphatic heterocycles. The first-order chi connectivity index (χ1) is 8.06. The second-order valence-corrected chi connectivity index (χ2v) is 4.91. The van der Waals surface area contributed by atoms with Gasteiger partial charge in [0.15, 0.2) is 0 Å². The van der Waals surface area contributed by atoms with Crippen molar-refractivity contribution in [3.63, 3.8) is 0 Å². The number of aromatic amines is 1. The van der Waals surface area contributed by atoms with Crippen LogP contribution in [0.4, 0.5) is 5.82 Å². The normalized spacial score (nSPS) is 10.3. The number of rotatable bonds is 5. The Morgan fingerprint density at radius 1 is 1.65 bits per heavy atom. The van der Waals surface area contributed by atoms with Crippen molar-refractivity contribution in [1.29, 1.82) is 5.26 Å². The number of nitrogens with zero attached hydrogens (tertiary/aromatic N) is 3. The fourth-order valence-corrected chi connectivity index (χ4v) is 1.97. The Morgan fingerprint density at radius 2 is 2.35 bits per heavy atom. The van der Waals surface area contributed by atoms with E-state index in [4.69, 9.17) is 5.26 Å². The van der Waals surface area contributed by atoms with Crippen LogP contribution in [0.1, 0.15) is 20.3 Å². The molecule has 1 rings (SSSR count). The van der Waals surface area contributed by atoms with Crippen LogP contribution in [0.3, 0.4) is 0 Å². The zero-order valence-electron chi connectivity index (χ0n) is 9.90. The van der Waals surface area contributed by atoms with Crippen molar-refractivity contribution in [3.05, 3.63) is 21.2 Å². The van der Waals surface area contributed by atoms with E-state index < -0.39 is 0 Å². The number of aromatic nitrogens is 2. The smallest absolute Gasteiger partial charge is 0.267 e. The number of hydrogen-bond acceptors (Lipinski definition) is 4. The Balaban J connectivity index is 3.00. The minimum absolute atomic E-state index is 0.208. The molecule has 1 N–H and O–H groups in total. The number of hydrogen-bond donors (Lipinski definition) is 1. The molecular weight excluding hydrogens is 284 g/mol. The van der Waals surface area contributed by atoms with Gasteiger partial charge in [0.25, 0.3) is 5.56 Å². The molecule has 0 aliphatic rings. The van der Waals surface area contributed by atoms with Crippen LogP contribution in [-0.2, 0) is 0 Å². The first-order valence-electron chi connectivity index (χ1n) is 5.41. The second kappa shape index (κ2) is 6.40. The highest BCUT2D eigenvalue weighted by atomic mass is 79.9. The molecule has 0 aromatic carbocycles. The highest BCUT2D eigenvalue weighted by molar-refractivity contribution is 9.10. The van der Waals surface area contributed by atoms with Crippen molar-refractivity contribution in [1.82, 2.24) is 9.97 Å². The largest absolute Gasteiger partial charge is 0.354 e. The molecule has 0 saturated carbocycles. The van der Waals surface area contributed by atoms with Gasteiger partial charge in [0.1, 0.15) is 10.3 Å². The summed E-state index contributed by atoms with van der Waals surface area (Å²) in [7, 11) is 0. The van der Waals surface area contributed by atoms with Crippen molar-refractivity contribution in [2.75, 3.05) is 18.0 Å². The van der Waals surface area contributed by atoms with Gasteiger partial charge in [0, 0.05) is 13.1 Å². The third kappa shape index (κ3) is 3.86. The van der Waals surface area contributed by atoms with Crippen molar-refractivity contribution in [2.24, 2.45) is 5.92 Å². The van der Waals surface area contributed by atoms with Gasteiger partial charge >= 0.3 is 0 Å². The van der Waals surface area contributed by atoms with E-state index in [1.807, 2.05) is 4.90 Å². The molecule has 0 bridgehead atoms. The minimum Gasteiger partial charge on any atom is -0.354 e. The average Bonchev–Trinajstić information content (AvgIpc) is 2.28. The SMILES string of the molecule is CC(C)CN(CCC#N)c1nc[nH]c(=O)c1Br. The van der Waals surface area contributed by atoms with Gasteiger partial charge in [-0.1, -0.05) is 13.8 Å². The van der Waals surface area contributed by atoms with E-state index in [0.29, 0.717) is 29.2 Å². The molecule has 1 heterocycles. The Kier molecular flexibility index (Phi) is 5.16. The predicted molar refractivity (Wildman–Crippen MR) is 69.8 cm³/mol. The van der Waals surface area contributed by atoms with Gasteiger partial charge in [-0.3, -0.25) is 4.79 Å². The zero-order valence-corrected chi connectivity index (χ0v) is 11.5. The van der Waals surface area contributed by atoms with Crippen LogP contribution in [0.5, 0.6) is 0 Å². The standard InChI is InChI=1S/C11H15BrN4O/c1-8(2)6-16(5-3-4-13)10-9(12)11(17)15-7-14-10/h7-8H,3,5-6H2,1-2H3,(H,14,15,17). The van der Waals surface area contributed by atoms with Gasteiger partial charge in [-0.2, -0.15) is 5.26 Å². The lowest BCUT2D eigenvalue weighted by Crippen LogP contribution is -2.31. The summed E-state index contributed by atoms with van der Waals surface area (Å²) >= 11 is 3.23. The number of halogens is 1. The summed E-state index contributed by atoms with van der Waals surface area (Å²) in [5.74, 6) is 1.03. The molecule has 5 nitrogen and oxygen atoms in total. The van der Waals surface area contributed by atoms with Crippen LogP contribution in [0.15, 0.2) is 15.6 Å². The van der Waals surface area contributed by atoms with E-state index in [0.717, 1.165) is 6.54 Å². The summed E-state index contributed by atoms with van der Waals surface area (Å²) in [5.41, 5.74) is -0.208. The van der Waals surface area contributed by atoms with Gasteiger partial charge < -0.3 is 9.88 Å². The second-order valence-electron chi connectivity index (χ2n) is 4.12. The molecule has 6 heteroatoms. The van der Waals surface area contributed by atoms with Crippen LogP contribution in [0, 0.1) is 17.2 Å². The van der Waals surface area contributed by atoms with Crippen molar-refractivity contribution < 1.29 is 0 Å². The van der Waals surface area contributed by atoms with Crippen LogP contribution in [0.25, 0.3) is 0 Å².